The van der Waals surface area contributed by atoms with Crippen molar-refractivity contribution in [2.24, 2.45) is 0 Å². The number of aromatic amines is 1. The summed E-state index contributed by atoms with van der Waals surface area (Å²) in [6.45, 7) is 9.24. The highest BCUT2D eigenvalue weighted by Gasteiger charge is 2.29. The van der Waals surface area contributed by atoms with Gasteiger partial charge in [-0.05, 0) is 38.8 Å². The van der Waals surface area contributed by atoms with Crippen molar-refractivity contribution in [2.75, 3.05) is 6.54 Å². The summed E-state index contributed by atoms with van der Waals surface area (Å²) in [4.78, 5) is 12.4. The number of amides is 1. The second kappa shape index (κ2) is 5.96. The van der Waals surface area contributed by atoms with Crippen molar-refractivity contribution in [1.29, 1.82) is 0 Å². The Bertz CT molecular complexity index is 668. The van der Waals surface area contributed by atoms with Crippen LogP contribution in [0, 0.1) is 13.8 Å². The van der Waals surface area contributed by atoms with E-state index in [1.165, 1.54) is 0 Å². The monoisotopic (exact) mass is 305 g/mol. The molecular formula is C16H23N3O3. The summed E-state index contributed by atoms with van der Waals surface area (Å²) in [5.41, 5.74) is 0.721. The fraction of sp³-hybridized carbons (Fsp3) is 0.500. The van der Waals surface area contributed by atoms with Crippen LogP contribution >= 0.6 is 0 Å². The molecule has 1 amide bonds. The molecule has 0 aromatic carbocycles. The van der Waals surface area contributed by atoms with Crippen LogP contribution in [0.2, 0.25) is 0 Å². The van der Waals surface area contributed by atoms with Crippen LogP contribution in [0.3, 0.4) is 0 Å². The highest BCUT2D eigenvalue weighted by atomic mass is 16.4. The highest BCUT2D eigenvalue weighted by molar-refractivity contribution is 5.96. The van der Waals surface area contributed by atoms with E-state index >= 15 is 0 Å². The van der Waals surface area contributed by atoms with Crippen LogP contribution in [0.25, 0.3) is 0 Å². The molecule has 120 valence electrons. The molecule has 0 bridgehead atoms. The Morgan fingerprint density at radius 3 is 2.68 bits per heavy atom. The summed E-state index contributed by atoms with van der Waals surface area (Å²) in [6, 6.07) is 3.49. The molecule has 0 aliphatic carbocycles. The number of rotatable bonds is 5. The Morgan fingerprint density at radius 1 is 1.45 bits per heavy atom. The molecule has 0 aliphatic rings. The molecule has 0 saturated heterocycles. The number of furan rings is 1. The lowest BCUT2D eigenvalue weighted by Gasteiger charge is -2.21. The molecule has 0 fully saturated rings. The number of aliphatic hydroxyl groups is 1. The van der Waals surface area contributed by atoms with Gasteiger partial charge in [-0.1, -0.05) is 13.8 Å². The summed E-state index contributed by atoms with van der Waals surface area (Å²) in [5, 5.41) is 20.2. The van der Waals surface area contributed by atoms with Crippen LogP contribution in [-0.2, 0) is 5.60 Å². The number of H-pyrrole nitrogens is 1. The molecule has 2 aromatic heterocycles. The minimum Gasteiger partial charge on any atom is -0.463 e. The van der Waals surface area contributed by atoms with Crippen LogP contribution < -0.4 is 5.32 Å². The second-order valence-corrected chi connectivity index (χ2v) is 6.13. The lowest BCUT2D eigenvalue weighted by Crippen LogP contribution is -2.38. The van der Waals surface area contributed by atoms with Gasteiger partial charge in [0.2, 0.25) is 0 Å². The van der Waals surface area contributed by atoms with Gasteiger partial charge in [0.05, 0.1) is 17.8 Å². The molecule has 6 nitrogen and oxygen atoms in total. The maximum absolute atomic E-state index is 12.4. The topological polar surface area (TPSA) is 91.1 Å². The van der Waals surface area contributed by atoms with E-state index in [1.54, 1.807) is 19.1 Å². The Balaban J connectivity index is 2.12. The molecule has 1 atom stereocenters. The first-order valence-corrected chi connectivity index (χ1v) is 7.34. The van der Waals surface area contributed by atoms with Crippen molar-refractivity contribution in [3.8, 4) is 0 Å². The van der Waals surface area contributed by atoms with E-state index in [2.05, 4.69) is 15.5 Å². The van der Waals surface area contributed by atoms with Gasteiger partial charge in [-0.15, -0.1) is 0 Å². The van der Waals surface area contributed by atoms with Crippen LogP contribution in [-0.4, -0.2) is 27.8 Å². The average molecular weight is 305 g/mol. The number of nitrogens with zero attached hydrogens (tertiary/aromatic N) is 1. The van der Waals surface area contributed by atoms with Crippen molar-refractivity contribution >= 4 is 5.91 Å². The van der Waals surface area contributed by atoms with E-state index in [9.17, 15) is 9.90 Å². The highest BCUT2D eigenvalue weighted by Crippen LogP contribution is 2.23. The second-order valence-electron chi connectivity index (χ2n) is 6.13. The van der Waals surface area contributed by atoms with Gasteiger partial charge in [0, 0.05) is 5.69 Å². The van der Waals surface area contributed by atoms with Crippen molar-refractivity contribution < 1.29 is 14.3 Å². The van der Waals surface area contributed by atoms with Gasteiger partial charge in [-0.2, -0.15) is 5.10 Å². The van der Waals surface area contributed by atoms with E-state index in [-0.39, 0.29) is 18.4 Å². The maximum atomic E-state index is 12.4. The number of aromatic nitrogens is 2. The molecule has 22 heavy (non-hydrogen) atoms. The minimum atomic E-state index is -1.26. The molecule has 2 rings (SSSR count). The summed E-state index contributed by atoms with van der Waals surface area (Å²) in [7, 11) is 0. The SMILES string of the molecule is Cc1ccc(C(C)(O)CNC(=O)c2c(C(C)C)n[nH]c2C)o1. The predicted molar refractivity (Wildman–Crippen MR) is 82.8 cm³/mol. The summed E-state index contributed by atoms with van der Waals surface area (Å²) in [6.07, 6.45) is 0. The molecule has 2 heterocycles. The Hall–Kier alpha value is -2.08. The number of hydrogen-bond donors (Lipinski definition) is 3. The van der Waals surface area contributed by atoms with Crippen LogP contribution in [0.1, 0.15) is 60.0 Å². The zero-order chi connectivity index (χ0) is 16.5. The third kappa shape index (κ3) is 3.22. The standard InChI is InChI=1S/C16H23N3O3/c1-9(2)14-13(11(4)18-19-14)15(20)17-8-16(5,21)12-7-6-10(3)22-12/h6-7,9,21H,8H2,1-5H3,(H,17,20)(H,18,19). The normalized spacial score (nSPS) is 14.1. The zero-order valence-corrected chi connectivity index (χ0v) is 13.7. The predicted octanol–water partition coefficient (Wildman–Crippen LogP) is 2.38. The van der Waals surface area contributed by atoms with Gasteiger partial charge < -0.3 is 14.8 Å². The summed E-state index contributed by atoms with van der Waals surface area (Å²) < 4.78 is 5.44. The largest absolute Gasteiger partial charge is 0.463 e. The Morgan fingerprint density at radius 2 is 2.14 bits per heavy atom. The van der Waals surface area contributed by atoms with E-state index in [0.717, 1.165) is 17.1 Å². The smallest absolute Gasteiger partial charge is 0.255 e. The molecule has 0 saturated carbocycles. The Kier molecular flexibility index (Phi) is 4.42. The Labute approximate surface area is 129 Å². The first-order valence-electron chi connectivity index (χ1n) is 7.34. The lowest BCUT2D eigenvalue weighted by molar-refractivity contribution is 0.0323. The van der Waals surface area contributed by atoms with Gasteiger partial charge in [0.15, 0.2) is 0 Å². The first-order chi connectivity index (χ1) is 10.2. The van der Waals surface area contributed by atoms with Crippen LogP contribution in [0.4, 0.5) is 0 Å². The van der Waals surface area contributed by atoms with Crippen molar-refractivity contribution in [3.05, 3.63) is 40.6 Å². The number of nitrogens with one attached hydrogen (secondary N) is 2. The molecular weight excluding hydrogens is 282 g/mol. The molecule has 1 unspecified atom stereocenters. The van der Waals surface area contributed by atoms with Crippen LogP contribution in [0.15, 0.2) is 16.5 Å². The van der Waals surface area contributed by atoms with Gasteiger partial charge >= 0.3 is 0 Å². The molecule has 6 heteroatoms. The average Bonchev–Trinajstić information content (AvgIpc) is 3.02. The molecule has 0 aliphatic heterocycles. The third-order valence-corrected chi connectivity index (χ3v) is 3.61. The molecule has 2 aromatic rings. The van der Waals surface area contributed by atoms with E-state index < -0.39 is 5.60 Å². The summed E-state index contributed by atoms with van der Waals surface area (Å²) in [5.74, 6) is 1.03. The lowest BCUT2D eigenvalue weighted by atomic mass is 10.0. The number of carbonyl (C=O) groups excluding carboxylic acids is 1. The van der Waals surface area contributed by atoms with Gasteiger partial charge in [-0.25, -0.2) is 0 Å². The van der Waals surface area contributed by atoms with Crippen molar-refractivity contribution in [3.63, 3.8) is 0 Å². The third-order valence-electron chi connectivity index (χ3n) is 3.61. The summed E-state index contributed by atoms with van der Waals surface area (Å²) >= 11 is 0. The quantitative estimate of drug-likeness (QED) is 0.791. The molecule has 0 radical (unpaired) electrons. The van der Waals surface area contributed by atoms with Gasteiger partial charge in [0.1, 0.15) is 17.1 Å². The first kappa shape index (κ1) is 16.3. The molecule has 0 spiro atoms. The fourth-order valence-electron chi connectivity index (χ4n) is 2.30. The number of carbonyl (C=O) groups is 1. The van der Waals surface area contributed by atoms with E-state index in [0.29, 0.717) is 11.3 Å². The van der Waals surface area contributed by atoms with Gasteiger partial charge in [0.25, 0.3) is 5.91 Å². The van der Waals surface area contributed by atoms with E-state index in [4.69, 9.17) is 4.42 Å². The van der Waals surface area contributed by atoms with Crippen molar-refractivity contribution in [1.82, 2.24) is 15.5 Å². The minimum absolute atomic E-state index is 0.0565. The number of hydrogen-bond acceptors (Lipinski definition) is 4. The fourth-order valence-corrected chi connectivity index (χ4v) is 2.30. The zero-order valence-electron chi connectivity index (χ0n) is 13.7. The van der Waals surface area contributed by atoms with Gasteiger partial charge in [-0.3, -0.25) is 9.89 Å². The number of aryl methyl sites for hydroxylation is 2. The van der Waals surface area contributed by atoms with E-state index in [1.807, 2.05) is 27.7 Å². The maximum Gasteiger partial charge on any atom is 0.255 e. The molecule has 3 N–H and O–H groups in total. The van der Waals surface area contributed by atoms with Crippen molar-refractivity contribution in [2.45, 2.75) is 46.1 Å². The van der Waals surface area contributed by atoms with Crippen LogP contribution in [0.5, 0.6) is 0 Å².